The molecule has 2 unspecified atom stereocenters. The molecule has 0 aromatic carbocycles. The summed E-state index contributed by atoms with van der Waals surface area (Å²) in [4.78, 5) is 11.6. The number of nitrogens with zero attached hydrogens (tertiary/aromatic N) is 2. The predicted octanol–water partition coefficient (Wildman–Crippen LogP) is 1.58. The maximum Gasteiger partial charge on any atom is 0.243 e. The Balaban J connectivity index is 0.00000225. The van der Waals surface area contributed by atoms with Crippen LogP contribution in [-0.2, 0) is 4.79 Å². The van der Waals surface area contributed by atoms with Gasteiger partial charge in [0.05, 0.1) is 6.04 Å². The largest absolute Gasteiger partial charge is 0.320 e. The fourth-order valence-electron chi connectivity index (χ4n) is 1.05. The van der Waals surface area contributed by atoms with E-state index in [1.807, 2.05) is 20.8 Å². The highest BCUT2D eigenvalue weighted by Crippen LogP contribution is 2.15. The first-order chi connectivity index (χ1) is 7.04. The molecule has 0 aliphatic carbocycles. The van der Waals surface area contributed by atoms with Gasteiger partial charge in [-0.3, -0.25) is 10.1 Å². The van der Waals surface area contributed by atoms with E-state index in [0.717, 1.165) is 11.4 Å². The van der Waals surface area contributed by atoms with Crippen LogP contribution in [0, 0.1) is 12.8 Å². The quantitative estimate of drug-likeness (QED) is 0.865. The van der Waals surface area contributed by atoms with Crippen molar-refractivity contribution in [1.29, 1.82) is 0 Å². The Kier molecular flexibility index (Phi) is 6.47. The minimum absolute atomic E-state index is 0. The fraction of sp³-hybridized carbons (Fsp3) is 0.667. The standard InChI is InChI=1S/C9H16N4OS.ClH/c1-4-5(2)7(10)8(14)11-9-13-12-6(3)15-9;/h5,7H,4,10H2,1-3H3,(H,11,13,14);1H. The molecule has 0 aliphatic rings. The minimum atomic E-state index is -0.487. The van der Waals surface area contributed by atoms with Crippen molar-refractivity contribution in [2.45, 2.75) is 33.2 Å². The molecule has 0 bridgehead atoms. The number of carbonyl (C=O) groups excluding carboxylic acids is 1. The van der Waals surface area contributed by atoms with Crippen molar-refractivity contribution < 1.29 is 4.79 Å². The van der Waals surface area contributed by atoms with Crippen LogP contribution in [0.4, 0.5) is 5.13 Å². The number of nitrogens with two attached hydrogens (primary N) is 1. The maximum absolute atomic E-state index is 11.6. The number of aromatic nitrogens is 2. The Morgan fingerprint density at radius 1 is 1.56 bits per heavy atom. The number of hydrogen-bond donors (Lipinski definition) is 2. The number of nitrogens with one attached hydrogen (secondary N) is 1. The van der Waals surface area contributed by atoms with Gasteiger partial charge in [0.15, 0.2) is 0 Å². The first-order valence-electron chi connectivity index (χ1n) is 4.91. The first kappa shape index (κ1) is 15.3. The lowest BCUT2D eigenvalue weighted by molar-refractivity contribution is -0.118. The molecule has 2 atom stereocenters. The summed E-state index contributed by atoms with van der Waals surface area (Å²) >= 11 is 1.34. The molecule has 16 heavy (non-hydrogen) atoms. The van der Waals surface area contributed by atoms with Crippen molar-refractivity contribution >= 4 is 34.8 Å². The van der Waals surface area contributed by atoms with Crippen LogP contribution >= 0.6 is 23.7 Å². The van der Waals surface area contributed by atoms with E-state index < -0.39 is 6.04 Å². The first-order valence-corrected chi connectivity index (χ1v) is 5.72. The number of aryl methyl sites for hydroxylation is 1. The summed E-state index contributed by atoms with van der Waals surface area (Å²) in [6.07, 6.45) is 0.879. The van der Waals surface area contributed by atoms with Crippen LogP contribution < -0.4 is 11.1 Å². The molecular weight excluding hydrogens is 248 g/mol. The van der Waals surface area contributed by atoms with Crippen LogP contribution in [0.3, 0.4) is 0 Å². The number of hydrogen-bond acceptors (Lipinski definition) is 5. The molecule has 0 fully saturated rings. The van der Waals surface area contributed by atoms with Crippen molar-refractivity contribution in [3.8, 4) is 0 Å². The molecule has 1 aromatic rings. The van der Waals surface area contributed by atoms with Crippen molar-refractivity contribution in [2.75, 3.05) is 5.32 Å². The zero-order valence-corrected chi connectivity index (χ0v) is 11.2. The molecule has 0 saturated carbocycles. The van der Waals surface area contributed by atoms with Crippen LogP contribution in [0.25, 0.3) is 0 Å². The Morgan fingerprint density at radius 3 is 2.62 bits per heavy atom. The third-order valence-corrected chi connectivity index (χ3v) is 3.07. The predicted molar refractivity (Wildman–Crippen MR) is 68.0 cm³/mol. The summed E-state index contributed by atoms with van der Waals surface area (Å²) in [7, 11) is 0. The van der Waals surface area contributed by atoms with Gasteiger partial charge in [-0.2, -0.15) is 0 Å². The van der Waals surface area contributed by atoms with Crippen LogP contribution in [0.1, 0.15) is 25.3 Å². The van der Waals surface area contributed by atoms with Gasteiger partial charge in [-0.1, -0.05) is 31.6 Å². The smallest absolute Gasteiger partial charge is 0.243 e. The highest BCUT2D eigenvalue weighted by atomic mass is 35.5. The van der Waals surface area contributed by atoms with E-state index in [4.69, 9.17) is 5.73 Å². The molecule has 92 valence electrons. The van der Waals surface area contributed by atoms with E-state index in [9.17, 15) is 4.79 Å². The van der Waals surface area contributed by atoms with Crippen molar-refractivity contribution in [2.24, 2.45) is 11.7 Å². The second kappa shape index (κ2) is 6.78. The molecule has 7 heteroatoms. The molecule has 0 aliphatic heterocycles. The zero-order valence-electron chi connectivity index (χ0n) is 9.56. The topological polar surface area (TPSA) is 80.9 Å². The molecular formula is C9H17ClN4OS. The summed E-state index contributed by atoms with van der Waals surface area (Å²) < 4.78 is 0. The molecule has 0 spiro atoms. The molecule has 0 radical (unpaired) electrons. The Hall–Kier alpha value is -0.720. The van der Waals surface area contributed by atoms with Gasteiger partial charge >= 0.3 is 0 Å². The summed E-state index contributed by atoms with van der Waals surface area (Å²) in [5.41, 5.74) is 5.77. The molecule has 0 saturated heterocycles. The normalized spacial score (nSPS) is 13.8. The summed E-state index contributed by atoms with van der Waals surface area (Å²) in [5, 5.41) is 11.6. The van der Waals surface area contributed by atoms with Crippen LogP contribution in [0.15, 0.2) is 0 Å². The average Bonchev–Trinajstić information content (AvgIpc) is 2.61. The van der Waals surface area contributed by atoms with Gasteiger partial charge in [0, 0.05) is 0 Å². The van der Waals surface area contributed by atoms with Gasteiger partial charge in [-0.25, -0.2) is 0 Å². The van der Waals surface area contributed by atoms with Gasteiger partial charge in [-0.05, 0) is 12.8 Å². The number of rotatable bonds is 4. The monoisotopic (exact) mass is 264 g/mol. The van der Waals surface area contributed by atoms with E-state index in [1.54, 1.807) is 0 Å². The number of halogens is 1. The Labute approximate surface area is 105 Å². The van der Waals surface area contributed by atoms with E-state index in [0.29, 0.717) is 5.13 Å². The van der Waals surface area contributed by atoms with E-state index in [2.05, 4.69) is 15.5 Å². The minimum Gasteiger partial charge on any atom is -0.320 e. The van der Waals surface area contributed by atoms with E-state index in [-0.39, 0.29) is 24.2 Å². The summed E-state index contributed by atoms with van der Waals surface area (Å²) in [6.45, 7) is 5.80. The highest BCUT2D eigenvalue weighted by Gasteiger charge is 2.20. The van der Waals surface area contributed by atoms with Crippen molar-refractivity contribution in [3.63, 3.8) is 0 Å². The van der Waals surface area contributed by atoms with Crippen molar-refractivity contribution in [3.05, 3.63) is 5.01 Å². The Morgan fingerprint density at radius 2 is 2.19 bits per heavy atom. The second-order valence-electron chi connectivity index (χ2n) is 3.53. The average molecular weight is 265 g/mol. The zero-order chi connectivity index (χ0) is 11.4. The van der Waals surface area contributed by atoms with Gasteiger partial charge in [0.25, 0.3) is 0 Å². The number of amides is 1. The molecule has 1 heterocycles. The molecule has 5 nitrogen and oxygen atoms in total. The maximum atomic E-state index is 11.6. The molecule has 3 N–H and O–H groups in total. The van der Waals surface area contributed by atoms with Gasteiger partial charge < -0.3 is 5.73 Å². The van der Waals surface area contributed by atoms with Gasteiger partial charge in [0.1, 0.15) is 5.01 Å². The highest BCUT2D eigenvalue weighted by molar-refractivity contribution is 7.15. The molecule has 1 amide bonds. The van der Waals surface area contributed by atoms with Crippen LogP contribution in [0.5, 0.6) is 0 Å². The number of anilines is 1. The van der Waals surface area contributed by atoms with Gasteiger partial charge in [-0.15, -0.1) is 22.6 Å². The Bertz CT molecular complexity index is 344. The fourth-order valence-corrected chi connectivity index (χ4v) is 1.64. The van der Waals surface area contributed by atoms with Crippen LogP contribution in [-0.4, -0.2) is 22.1 Å². The third kappa shape index (κ3) is 4.03. The SMILES string of the molecule is CCC(C)C(N)C(=O)Nc1nnc(C)s1.Cl. The van der Waals surface area contributed by atoms with Crippen LogP contribution in [0.2, 0.25) is 0 Å². The second-order valence-corrected chi connectivity index (χ2v) is 4.71. The third-order valence-electron chi connectivity index (χ3n) is 2.32. The van der Waals surface area contributed by atoms with E-state index in [1.165, 1.54) is 11.3 Å². The number of carbonyl (C=O) groups is 1. The summed E-state index contributed by atoms with van der Waals surface area (Å²) in [5.74, 6) is -0.0282. The lowest BCUT2D eigenvalue weighted by Gasteiger charge is -2.16. The molecule has 1 aromatic heterocycles. The lowest BCUT2D eigenvalue weighted by atomic mass is 10.00. The van der Waals surface area contributed by atoms with E-state index >= 15 is 0 Å². The lowest BCUT2D eigenvalue weighted by Crippen LogP contribution is -2.40. The molecule has 1 rings (SSSR count). The van der Waals surface area contributed by atoms with Crippen molar-refractivity contribution in [1.82, 2.24) is 10.2 Å². The summed E-state index contributed by atoms with van der Waals surface area (Å²) in [6, 6.07) is -0.487. The van der Waals surface area contributed by atoms with Gasteiger partial charge in [0.2, 0.25) is 11.0 Å².